The predicted molar refractivity (Wildman–Crippen MR) is 122 cm³/mol. The molecule has 0 aromatic heterocycles. The molecule has 0 amide bonds. The SMILES string of the molecule is CC1=Cc2c(C)cc(C)cc2[CH]1[Hf+2]([CH]1C(C)=Cc2c(C)cc(C)cc21)=[Si](C)C.[Cl-].[Cl-]. The van der Waals surface area contributed by atoms with Crippen molar-refractivity contribution in [3.8, 4) is 0 Å². The van der Waals surface area contributed by atoms with Gasteiger partial charge in [-0.1, -0.05) is 0 Å². The van der Waals surface area contributed by atoms with Crippen LogP contribution >= 0.6 is 0 Å². The summed E-state index contributed by atoms with van der Waals surface area (Å²) in [6, 6.07) is 9.77. The smallest absolute Gasteiger partial charge is 1.00 e. The zero-order chi connectivity index (χ0) is 20.3. The fourth-order valence-corrected chi connectivity index (χ4v) is 34.9. The summed E-state index contributed by atoms with van der Waals surface area (Å²) in [5, 5.41) is 0. The van der Waals surface area contributed by atoms with Crippen molar-refractivity contribution in [1.29, 1.82) is 0 Å². The van der Waals surface area contributed by atoms with E-state index in [1.54, 1.807) is 33.4 Å². The molecule has 0 saturated heterocycles. The molecule has 0 aliphatic heterocycles. The van der Waals surface area contributed by atoms with Gasteiger partial charge in [0.15, 0.2) is 0 Å². The molecule has 2 atom stereocenters. The van der Waals surface area contributed by atoms with Crippen LogP contribution in [-0.4, -0.2) is 5.49 Å². The van der Waals surface area contributed by atoms with Crippen molar-refractivity contribution in [2.24, 2.45) is 0 Å². The molecule has 0 nitrogen and oxygen atoms in total. The van der Waals surface area contributed by atoms with Crippen molar-refractivity contribution in [1.82, 2.24) is 0 Å². The number of allylic oxidation sites excluding steroid dienone is 2. The molecule has 30 heavy (non-hydrogen) atoms. The average molecular weight is 622 g/mol. The van der Waals surface area contributed by atoms with Gasteiger partial charge < -0.3 is 24.8 Å². The Morgan fingerprint density at radius 2 is 1.00 bits per heavy atom. The van der Waals surface area contributed by atoms with Gasteiger partial charge in [-0.3, -0.25) is 0 Å². The van der Waals surface area contributed by atoms with E-state index in [2.05, 4.69) is 91.1 Å². The molecule has 0 radical (unpaired) electrons. The van der Waals surface area contributed by atoms with Crippen molar-refractivity contribution < 1.29 is 44.9 Å². The molecule has 2 unspecified atom stereocenters. The first-order valence-electron chi connectivity index (χ1n) is 10.4. The van der Waals surface area contributed by atoms with E-state index >= 15 is 0 Å². The standard InChI is InChI=1S/2C12H13.C2H6Si.2ClH.Hf/c2*1-8-4-10(3)12-7-9(2)6-11(12)5-8;1-3-2;;;/h2*4-7H,1-3H3;1-2H3;2*1H;/q;;;;;+2/p-2. The molecule has 0 saturated carbocycles. The van der Waals surface area contributed by atoms with E-state index in [4.69, 9.17) is 0 Å². The molecule has 0 spiro atoms. The molecular weight excluding hydrogens is 590 g/mol. The molecule has 0 bridgehead atoms. The summed E-state index contributed by atoms with van der Waals surface area (Å²) in [5.74, 6) is 0. The maximum Gasteiger partial charge on any atom is -1.00 e. The Bertz CT molecular complexity index is 1020. The summed E-state index contributed by atoms with van der Waals surface area (Å²) in [6.45, 7) is 19.2. The van der Waals surface area contributed by atoms with Crippen LogP contribution in [0.1, 0.15) is 65.7 Å². The van der Waals surface area contributed by atoms with Crippen LogP contribution in [0.3, 0.4) is 0 Å². The van der Waals surface area contributed by atoms with Gasteiger partial charge in [-0.25, -0.2) is 0 Å². The quantitative estimate of drug-likeness (QED) is 0.446. The van der Waals surface area contributed by atoms with E-state index in [0.29, 0.717) is 0 Å². The first-order valence-corrected chi connectivity index (χ1v) is 22.5. The number of fused-ring (bicyclic) bond motifs is 2. The fourth-order valence-electron chi connectivity index (χ4n) is 5.58. The van der Waals surface area contributed by atoms with Gasteiger partial charge >= 0.3 is 180 Å². The van der Waals surface area contributed by atoms with Crippen LogP contribution in [0.15, 0.2) is 35.4 Å². The molecule has 2 aliphatic carbocycles. The summed E-state index contributed by atoms with van der Waals surface area (Å²) >= 11 is -2.08. The van der Waals surface area contributed by atoms with E-state index in [1.807, 2.05) is 0 Å². The summed E-state index contributed by atoms with van der Waals surface area (Å²) in [5.41, 5.74) is 15.2. The van der Waals surface area contributed by atoms with E-state index < -0.39 is 20.1 Å². The van der Waals surface area contributed by atoms with E-state index in [0.717, 1.165) is 7.35 Å². The molecule has 2 aromatic carbocycles. The average Bonchev–Trinajstić information content (AvgIpc) is 3.07. The molecular formula is C26H32Cl2HfSi. The van der Waals surface area contributed by atoms with Gasteiger partial charge in [-0.05, 0) is 0 Å². The van der Waals surface area contributed by atoms with Crippen molar-refractivity contribution >= 4 is 17.6 Å². The van der Waals surface area contributed by atoms with Crippen LogP contribution in [0.5, 0.6) is 0 Å². The second-order valence-electron chi connectivity index (χ2n) is 9.27. The number of hydrogen-bond donors (Lipinski definition) is 0. The molecule has 158 valence electrons. The largest absolute Gasteiger partial charge is 1.00 e. The monoisotopic (exact) mass is 622 g/mol. The van der Waals surface area contributed by atoms with Crippen molar-refractivity contribution in [2.75, 3.05) is 0 Å². The summed E-state index contributed by atoms with van der Waals surface area (Å²) in [6.07, 6.45) is 5.06. The Labute approximate surface area is 203 Å². The maximum atomic E-state index is 2.62. The van der Waals surface area contributed by atoms with E-state index in [-0.39, 0.29) is 30.3 Å². The Morgan fingerprint density at radius 1 is 0.633 bits per heavy atom. The Balaban J connectivity index is 0.00000160. The minimum absolute atomic E-state index is 0. The van der Waals surface area contributed by atoms with Crippen LogP contribution in [-0.2, 0) is 20.1 Å². The molecule has 4 heteroatoms. The van der Waals surface area contributed by atoms with Gasteiger partial charge in [0.05, 0.1) is 0 Å². The molecule has 0 N–H and O–H groups in total. The van der Waals surface area contributed by atoms with Gasteiger partial charge in [0.25, 0.3) is 0 Å². The third kappa shape index (κ3) is 4.27. The fraction of sp³-hybridized carbons (Fsp3) is 0.385. The van der Waals surface area contributed by atoms with Crippen LogP contribution in [0.4, 0.5) is 0 Å². The minimum atomic E-state index is -2.08. The molecule has 2 aliphatic rings. The summed E-state index contributed by atoms with van der Waals surface area (Å²) in [4.78, 5) is 0. The van der Waals surface area contributed by atoms with Crippen LogP contribution in [0, 0.1) is 27.7 Å². The summed E-state index contributed by atoms with van der Waals surface area (Å²) < 4.78 is 1.53. The number of rotatable bonds is 2. The Morgan fingerprint density at radius 3 is 1.33 bits per heavy atom. The normalized spacial score (nSPS) is 18.2. The zero-order valence-electron chi connectivity index (χ0n) is 19.4. The van der Waals surface area contributed by atoms with Gasteiger partial charge in [-0.2, -0.15) is 0 Å². The van der Waals surface area contributed by atoms with Crippen molar-refractivity contribution in [3.05, 3.63) is 79.9 Å². The van der Waals surface area contributed by atoms with Crippen molar-refractivity contribution in [3.63, 3.8) is 0 Å². The second-order valence-corrected chi connectivity index (χ2v) is 34.2. The molecule has 2 aromatic rings. The van der Waals surface area contributed by atoms with Crippen molar-refractivity contribution in [2.45, 2.75) is 62.0 Å². The topological polar surface area (TPSA) is 0 Å². The second kappa shape index (κ2) is 9.61. The zero-order valence-corrected chi connectivity index (χ0v) is 25.5. The van der Waals surface area contributed by atoms with Gasteiger partial charge in [0.1, 0.15) is 0 Å². The molecule has 0 heterocycles. The van der Waals surface area contributed by atoms with Gasteiger partial charge in [0.2, 0.25) is 0 Å². The number of hydrogen-bond acceptors (Lipinski definition) is 0. The minimum Gasteiger partial charge on any atom is -1.00 e. The number of benzene rings is 2. The predicted octanol–water partition coefficient (Wildman–Crippen LogP) is 1.41. The van der Waals surface area contributed by atoms with Gasteiger partial charge in [0, 0.05) is 0 Å². The molecule has 0 fully saturated rings. The van der Waals surface area contributed by atoms with Crippen LogP contribution in [0.2, 0.25) is 13.1 Å². The Kier molecular flexibility index (Phi) is 8.28. The number of halogens is 2. The maximum absolute atomic E-state index is 2.62. The van der Waals surface area contributed by atoms with E-state index in [1.165, 1.54) is 22.3 Å². The summed E-state index contributed by atoms with van der Waals surface area (Å²) in [7, 11) is 0. The first kappa shape index (κ1) is 25.8. The van der Waals surface area contributed by atoms with E-state index in [9.17, 15) is 0 Å². The third-order valence-electron chi connectivity index (χ3n) is 6.60. The third-order valence-corrected chi connectivity index (χ3v) is 34.9. The van der Waals surface area contributed by atoms with Crippen LogP contribution < -0.4 is 24.8 Å². The number of aryl methyl sites for hydroxylation is 4. The van der Waals surface area contributed by atoms with Crippen LogP contribution in [0.25, 0.3) is 12.2 Å². The first-order chi connectivity index (χ1) is 13.2. The van der Waals surface area contributed by atoms with Gasteiger partial charge in [-0.15, -0.1) is 0 Å². The molecule has 4 rings (SSSR count). The Hall–Kier alpha value is -0.413.